The molecule has 1 fully saturated rings. The van der Waals surface area contributed by atoms with Gasteiger partial charge in [-0.1, -0.05) is 0 Å². The van der Waals surface area contributed by atoms with Gasteiger partial charge in [0.05, 0.1) is 4.91 Å². The Morgan fingerprint density at radius 2 is 2.33 bits per heavy atom. The molecule has 1 saturated heterocycles. The highest BCUT2D eigenvalue weighted by Gasteiger charge is 2.22. The first-order valence-corrected chi connectivity index (χ1v) is 1.70. The first-order chi connectivity index (χ1) is 2.80. The van der Waals surface area contributed by atoms with Crippen LogP contribution in [0.15, 0.2) is 0 Å². The van der Waals surface area contributed by atoms with Crippen molar-refractivity contribution in [3.63, 3.8) is 0 Å². The topological polar surface area (TPSA) is 46.4 Å². The first-order valence-electron chi connectivity index (χ1n) is 1.70. The Morgan fingerprint density at radius 1 is 1.83 bits per heavy atom. The van der Waals surface area contributed by atoms with E-state index in [2.05, 4.69) is 0 Å². The van der Waals surface area contributed by atoms with Gasteiger partial charge >= 0.3 is 0 Å². The van der Waals surface area contributed by atoms with E-state index in [1.54, 1.807) is 0 Å². The third-order valence-electron chi connectivity index (χ3n) is 0.731. The molecule has 0 amide bonds. The number of hydrazine groups is 1. The van der Waals surface area contributed by atoms with Gasteiger partial charge in [-0.3, -0.25) is 0 Å². The lowest BCUT2D eigenvalue weighted by Crippen LogP contribution is -2.44. The van der Waals surface area contributed by atoms with Gasteiger partial charge in [-0.25, -0.2) is 0 Å². The molecule has 0 saturated carbocycles. The number of nitrogens with zero attached hydrogens (tertiary/aromatic N) is 2. The highest BCUT2D eigenvalue weighted by Crippen LogP contribution is 1.95. The van der Waals surface area contributed by atoms with Crippen molar-refractivity contribution in [3.8, 4) is 0 Å². The van der Waals surface area contributed by atoms with Gasteiger partial charge in [0, 0.05) is 0 Å². The fraction of sp³-hybridized carbons (Fsp3) is 1.00. The van der Waals surface area contributed by atoms with Crippen LogP contribution in [0.25, 0.3) is 0 Å². The van der Waals surface area contributed by atoms with E-state index in [0.29, 0.717) is 23.1 Å². The number of hydroxylamine groups is 1. The molecule has 0 aromatic carbocycles. The minimum atomic E-state index is 0.365. The zero-order valence-electron chi connectivity index (χ0n) is 3.13. The largest absolute Gasteiger partial charge is 0.704 e. The maximum Gasteiger partial charge on any atom is 0.246 e. The molecule has 1 heterocycles. The smallest absolute Gasteiger partial charge is 0.246 e. The molecule has 6 heavy (non-hydrogen) atoms. The third kappa shape index (κ3) is 0.268. The Kier molecular flexibility index (Phi) is 0.537. The van der Waals surface area contributed by atoms with Crippen molar-refractivity contribution in [3.05, 3.63) is 10.1 Å². The second-order valence-corrected chi connectivity index (χ2v) is 1.15. The summed E-state index contributed by atoms with van der Waals surface area (Å²) in [6.07, 6.45) is 0. The molecule has 4 heteroatoms. The summed E-state index contributed by atoms with van der Waals surface area (Å²) in [6, 6.07) is 0. The van der Waals surface area contributed by atoms with Gasteiger partial charge in [0.1, 0.15) is 11.4 Å². The van der Waals surface area contributed by atoms with Crippen LogP contribution in [-0.2, 0) is 0 Å². The first kappa shape index (κ1) is 3.55. The minimum absolute atomic E-state index is 0.365. The summed E-state index contributed by atoms with van der Waals surface area (Å²) < 4.78 is 0. The van der Waals surface area contributed by atoms with Crippen molar-refractivity contribution >= 4 is 0 Å². The number of rotatable bonds is 0. The maximum atomic E-state index is 9.76. The van der Waals surface area contributed by atoms with E-state index in [1.165, 1.54) is 0 Å². The molecule has 0 aliphatic carbocycles. The third-order valence-corrected chi connectivity index (χ3v) is 0.731. The van der Waals surface area contributed by atoms with Gasteiger partial charge in [0.15, 0.2) is 0 Å². The van der Waals surface area contributed by atoms with E-state index in [0.717, 1.165) is 0 Å². The molecule has 0 spiro atoms. The molecule has 0 atom stereocenters. The fourth-order valence-electron chi connectivity index (χ4n) is 0.263. The maximum absolute atomic E-state index is 9.76. The van der Waals surface area contributed by atoms with Gasteiger partial charge in [0.2, 0.25) is 6.54 Å². The van der Waals surface area contributed by atoms with Crippen molar-refractivity contribution in [1.29, 1.82) is 0 Å². The predicted molar refractivity (Wildman–Crippen MR) is 18.6 cm³/mol. The van der Waals surface area contributed by atoms with E-state index in [4.69, 9.17) is 0 Å². The van der Waals surface area contributed by atoms with Crippen LogP contribution in [0.4, 0.5) is 0 Å². The minimum Gasteiger partial charge on any atom is -0.704 e. The Balaban J connectivity index is 2.39. The van der Waals surface area contributed by atoms with Crippen molar-refractivity contribution in [1.82, 2.24) is 5.17 Å². The van der Waals surface area contributed by atoms with Crippen LogP contribution in [0.1, 0.15) is 0 Å². The van der Waals surface area contributed by atoms with E-state index < -0.39 is 0 Å². The predicted octanol–water partition coefficient (Wildman–Crippen LogP) is -0.506. The fourth-order valence-corrected chi connectivity index (χ4v) is 0.263. The molecular weight excluding hydrogens is 84.0 g/mol. The number of nitroso groups, excluding NO2 is 1. The van der Waals surface area contributed by atoms with Crippen LogP contribution in [0.2, 0.25) is 0 Å². The van der Waals surface area contributed by atoms with Gasteiger partial charge in [-0.2, -0.15) is 5.17 Å². The average molecular weight is 88.1 g/mol. The summed E-state index contributed by atoms with van der Waals surface area (Å²) in [7, 11) is 0. The van der Waals surface area contributed by atoms with Crippen molar-refractivity contribution in [2.45, 2.75) is 0 Å². The molecule has 1 aliphatic heterocycles. The monoisotopic (exact) mass is 88.0 g/mol. The van der Waals surface area contributed by atoms with Gasteiger partial charge < -0.3 is 5.21 Å². The van der Waals surface area contributed by atoms with Gasteiger partial charge in [0.25, 0.3) is 0 Å². The van der Waals surface area contributed by atoms with E-state index in [-0.39, 0.29) is 0 Å². The molecule has 0 N–H and O–H groups in total. The van der Waals surface area contributed by atoms with Crippen LogP contribution in [0.3, 0.4) is 0 Å². The average Bonchev–Trinajstić information content (AvgIpc) is 1.61. The van der Waals surface area contributed by atoms with Crippen molar-refractivity contribution in [2.75, 3.05) is 13.1 Å². The highest BCUT2D eigenvalue weighted by atomic mass is 16.6. The van der Waals surface area contributed by atoms with E-state index in [1.807, 2.05) is 0 Å². The highest BCUT2D eigenvalue weighted by molar-refractivity contribution is 4.46. The number of hydrogen-bond donors (Lipinski definition) is 0. The molecule has 34 valence electrons. The van der Waals surface area contributed by atoms with E-state index >= 15 is 0 Å². The Morgan fingerprint density at radius 3 is 2.33 bits per heavy atom. The van der Waals surface area contributed by atoms with Crippen LogP contribution in [0.5, 0.6) is 0 Å². The normalized spacial score (nSPS) is 20.8. The quantitative estimate of drug-likeness (QED) is 0.375. The standard InChI is InChI=1S/C2H4N2O2/c5-3-1-2-4(3)6/h1-2H2. The molecular formula is C2H4N2O2. The summed E-state index contributed by atoms with van der Waals surface area (Å²) in [5.41, 5.74) is 0. The lowest BCUT2D eigenvalue weighted by molar-refractivity contribution is -0.752. The summed E-state index contributed by atoms with van der Waals surface area (Å²) in [4.78, 5) is 10.1. The van der Waals surface area contributed by atoms with Crippen LogP contribution >= 0.6 is 0 Å². The molecule has 0 radical (unpaired) electrons. The molecule has 1 aliphatic rings. The van der Waals surface area contributed by atoms with Crippen LogP contribution in [-0.4, -0.2) is 23.1 Å². The Labute approximate surface area is 34.5 Å². The van der Waals surface area contributed by atoms with Crippen LogP contribution < -0.4 is 0 Å². The molecule has 4 nitrogen and oxygen atoms in total. The summed E-state index contributed by atoms with van der Waals surface area (Å²) in [5.74, 6) is 0. The lowest BCUT2D eigenvalue weighted by atomic mass is 10.6. The molecule has 0 bridgehead atoms. The van der Waals surface area contributed by atoms with Gasteiger partial charge in [-0.05, 0) is 0 Å². The number of hydrogen-bond acceptors (Lipinski definition) is 2. The second kappa shape index (κ2) is 0.909. The summed E-state index contributed by atoms with van der Waals surface area (Å²) in [5, 5.41) is 10.1. The molecule has 0 unspecified atom stereocenters. The molecule has 0 aromatic heterocycles. The Bertz CT molecular complexity index is 81.6. The molecule has 1 rings (SSSR count). The van der Waals surface area contributed by atoms with Crippen LogP contribution in [0, 0.1) is 10.1 Å². The molecule has 0 aromatic rings. The zero-order chi connectivity index (χ0) is 4.57. The summed E-state index contributed by atoms with van der Waals surface area (Å²) >= 11 is 0. The SMILES string of the molecule is O=[N+]1CCN1[O-]. The van der Waals surface area contributed by atoms with Crippen molar-refractivity contribution in [2.24, 2.45) is 0 Å². The van der Waals surface area contributed by atoms with Gasteiger partial charge in [-0.15, -0.1) is 0 Å². The second-order valence-electron chi connectivity index (χ2n) is 1.15. The zero-order valence-corrected chi connectivity index (χ0v) is 3.13. The lowest BCUT2D eigenvalue weighted by Gasteiger charge is -2.23. The Hall–Kier alpha value is -0.640. The van der Waals surface area contributed by atoms with Crippen molar-refractivity contribution < 1.29 is 4.87 Å². The van der Waals surface area contributed by atoms with E-state index in [9.17, 15) is 10.1 Å². The summed E-state index contributed by atoms with van der Waals surface area (Å²) in [6.45, 7) is 0.729.